The van der Waals surface area contributed by atoms with Crippen molar-refractivity contribution in [2.24, 2.45) is 0 Å². The second-order valence-corrected chi connectivity index (χ2v) is 10.2. The zero-order chi connectivity index (χ0) is 22.0. The van der Waals surface area contributed by atoms with Gasteiger partial charge in [0.15, 0.2) is 0 Å². The number of hydrogen-bond acceptors (Lipinski definition) is 6. The Hall–Kier alpha value is -2.03. The number of nitrogens with one attached hydrogen (secondary N) is 2. The number of carbonyl (C=O) groups excluding carboxylic acids is 1. The fraction of sp³-hybridized carbons (Fsp3) is 0.409. The van der Waals surface area contributed by atoms with E-state index in [0.717, 1.165) is 35.0 Å². The second-order valence-electron chi connectivity index (χ2n) is 7.56. The number of halogens is 1. The minimum absolute atomic E-state index is 0.0389. The summed E-state index contributed by atoms with van der Waals surface area (Å²) >= 11 is 9.34. The third-order valence-electron chi connectivity index (χ3n) is 5.34. The van der Waals surface area contributed by atoms with Crippen molar-refractivity contribution in [2.45, 2.75) is 44.8 Å². The van der Waals surface area contributed by atoms with Crippen molar-refractivity contribution in [1.29, 1.82) is 0 Å². The SMILES string of the molecule is COc1cc(Cl)c(C)cc1NC(=O)CCSCc1nc2sc3c(c2c(=O)[nH]1)CCCC3. The van der Waals surface area contributed by atoms with E-state index < -0.39 is 0 Å². The highest BCUT2D eigenvalue weighted by atomic mass is 35.5. The molecule has 0 radical (unpaired) electrons. The second kappa shape index (κ2) is 9.63. The van der Waals surface area contributed by atoms with Crippen LogP contribution in [0.3, 0.4) is 0 Å². The number of aromatic nitrogens is 2. The van der Waals surface area contributed by atoms with Gasteiger partial charge in [0.05, 0.1) is 23.9 Å². The molecule has 2 N–H and O–H groups in total. The first-order valence-electron chi connectivity index (χ1n) is 10.2. The molecule has 9 heteroatoms. The van der Waals surface area contributed by atoms with Crippen LogP contribution in [0.25, 0.3) is 10.2 Å². The van der Waals surface area contributed by atoms with Crippen molar-refractivity contribution in [2.75, 3.05) is 18.2 Å². The smallest absolute Gasteiger partial charge is 0.259 e. The molecular weight excluding hydrogens is 454 g/mol. The summed E-state index contributed by atoms with van der Waals surface area (Å²) in [5.41, 5.74) is 2.64. The number of fused-ring (bicyclic) bond motifs is 3. The Labute approximate surface area is 193 Å². The third kappa shape index (κ3) is 4.91. The van der Waals surface area contributed by atoms with Gasteiger partial charge in [-0.05, 0) is 49.8 Å². The lowest BCUT2D eigenvalue weighted by molar-refractivity contribution is -0.115. The molecule has 0 atom stereocenters. The van der Waals surface area contributed by atoms with Crippen LogP contribution in [-0.2, 0) is 23.4 Å². The average Bonchev–Trinajstić information content (AvgIpc) is 3.12. The molecule has 4 rings (SSSR count). The van der Waals surface area contributed by atoms with Crippen LogP contribution in [0.1, 0.15) is 41.1 Å². The minimum Gasteiger partial charge on any atom is -0.495 e. The van der Waals surface area contributed by atoms with Crippen LogP contribution in [0.2, 0.25) is 5.02 Å². The molecule has 164 valence electrons. The van der Waals surface area contributed by atoms with Gasteiger partial charge in [-0.3, -0.25) is 9.59 Å². The molecule has 1 aromatic carbocycles. The van der Waals surface area contributed by atoms with Crippen LogP contribution in [0.15, 0.2) is 16.9 Å². The van der Waals surface area contributed by atoms with E-state index in [-0.39, 0.29) is 11.5 Å². The summed E-state index contributed by atoms with van der Waals surface area (Å²) in [7, 11) is 1.54. The number of nitrogens with zero attached hydrogens (tertiary/aromatic N) is 1. The number of methoxy groups -OCH3 is 1. The summed E-state index contributed by atoms with van der Waals surface area (Å²) in [5.74, 6) is 2.27. The number of thiophene rings is 1. The van der Waals surface area contributed by atoms with E-state index in [4.69, 9.17) is 16.3 Å². The zero-order valence-corrected chi connectivity index (χ0v) is 19.9. The summed E-state index contributed by atoms with van der Waals surface area (Å²) < 4.78 is 5.30. The van der Waals surface area contributed by atoms with Gasteiger partial charge >= 0.3 is 0 Å². The van der Waals surface area contributed by atoms with E-state index in [9.17, 15) is 9.59 Å². The predicted octanol–water partition coefficient (Wildman–Crippen LogP) is 5.10. The van der Waals surface area contributed by atoms with Gasteiger partial charge in [-0.15, -0.1) is 11.3 Å². The fourth-order valence-corrected chi connectivity index (χ4v) is 5.99. The first-order valence-corrected chi connectivity index (χ1v) is 12.6. The van der Waals surface area contributed by atoms with E-state index in [1.165, 1.54) is 16.9 Å². The largest absolute Gasteiger partial charge is 0.495 e. The molecule has 0 saturated carbocycles. The van der Waals surface area contributed by atoms with Crippen molar-refractivity contribution < 1.29 is 9.53 Å². The average molecular weight is 478 g/mol. The van der Waals surface area contributed by atoms with Gasteiger partial charge < -0.3 is 15.0 Å². The Morgan fingerprint density at radius 1 is 1.35 bits per heavy atom. The molecule has 3 aromatic rings. The number of ether oxygens (including phenoxy) is 1. The fourth-order valence-electron chi connectivity index (χ4n) is 3.75. The van der Waals surface area contributed by atoms with Gasteiger partial charge in [0, 0.05) is 28.1 Å². The molecule has 2 heterocycles. The molecule has 1 aliphatic carbocycles. The summed E-state index contributed by atoms with van der Waals surface area (Å²) in [6, 6.07) is 3.50. The van der Waals surface area contributed by atoms with Crippen molar-refractivity contribution in [3.8, 4) is 5.75 Å². The number of benzene rings is 1. The maximum atomic E-state index is 12.6. The van der Waals surface area contributed by atoms with Crippen LogP contribution in [0, 0.1) is 6.92 Å². The van der Waals surface area contributed by atoms with Crippen molar-refractivity contribution in [3.05, 3.63) is 49.3 Å². The predicted molar refractivity (Wildman–Crippen MR) is 129 cm³/mol. The number of rotatable bonds is 7. The molecule has 1 aliphatic rings. The lowest BCUT2D eigenvalue weighted by Crippen LogP contribution is -2.14. The Bertz CT molecular complexity index is 1190. The number of aryl methyl sites for hydroxylation is 3. The molecule has 0 fully saturated rings. The van der Waals surface area contributed by atoms with E-state index in [1.807, 2.05) is 6.92 Å². The number of hydrogen-bond donors (Lipinski definition) is 2. The molecule has 6 nitrogen and oxygen atoms in total. The highest BCUT2D eigenvalue weighted by Gasteiger charge is 2.19. The molecule has 31 heavy (non-hydrogen) atoms. The molecular formula is C22H24ClN3O3S2. The quantitative estimate of drug-likeness (QED) is 0.463. The maximum absolute atomic E-state index is 12.6. The Morgan fingerprint density at radius 2 is 2.16 bits per heavy atom. The van der Waals surface area contributed by atoms with Crippen LogP contribution >= 0.6 is 34.7 Å². The number of H-pyrrole nitrogens is 1. The van der Waals surface area contributed by atoms with Gasteiger partial charge in [-0.2, -0.15) is 11.8 Å². The number of carbonyl (C=O) groups is 1. The van der Waals surface area contributed by atoms with Crippen LogP contribution in [0.4, 0.5) is 5.69 Å². The molecule has 0 aliphatic heterocycles. The Kier molecular flexibility index (Phi) is 6.89. The minimum atomic E-state index is -0.102. The Morgan fingerprint density at radius 3 is 2.97 bits per heavy atom. The highest BCUT2D eigenvalue weighted by molar-refractivity contribution is 7.98. The van der Waals surface area contributed by atoms with Gasteiger partial charge in [0.25, 0.3) is 5.56 Å². The van der Waals surface area contributed by atoms with E-state index in [1.54, 1.807) is 42.3 Å². The third-order valence-corrected chi connectivity index (χ3v) is 7.90. The normalized spacial score (nSPS) is 13.3. The molecule has 2 aromatic heterocycles. The number of thioether (sulfide) groups is 1. The van der Waals surface area contributed by atoms with Gasteiger partial charge in [-0.25, -0.2) is 4.98 Å². The summed E-state index contributed by atoms with van der Waals surface area (Å²) in [6.45, 7) is 1.88. The van der Waals surface area contributed by atoms with Crippen molar-refractivity contribution in [1.82, 2.24) is 9.97 Å². The van der Waals surface area contributed by atoms with Crippen LogP contribution in [0.5, 0.6) is 5.75 Å². The topological polar surface area (TPSA) is 84.1 Å². The monoisotopic (exact) mass is 477 g/mol. The lowest BCUT2D eigenvalue weighted by Gasteiger charge is -2.12. The number of anilines is 1. The lowest BCUT2D eigenvalue weighted by atomic mass is 9.97. The van der Waals surface area contributed by atoms with Gasteiger partial charge in [0.2, 0.25) is 5.91 Å². The molecule has 1 amide bonds. The van der Waals surface area contributed by atoms with Gasteiger partial charge in [0.1, 0.15) is 16.4 Å². The molecule has 0 spiro atoms. The summed E-state index contributed by atoms with van der Waals surface area (Å²) in [6.07, 6.45) is 4.69. The first-order chi connectivity index (χ1) is 15.0. The van der Waals surface area contributed by atoms with Crippen LogP contribution in [-0.4, -0.2) is 28.7 Å². The van der Waals surface area contributed by atoms with E-state index in [2.05, 4.69) is 15.3 Å². The highest BCUT2D eigenvalue weighted by Crippen LogP contribution is 2.34. The standard InChI is InChI=1S/C22H24ClN3O3S2/c1-12-9-15(16(29-2)10-14(12)23)24-19(27)7-8-30-11-18-25-21(28)20-13-5-3-4-6-17(13)31-22(20)26-18/h9-10H,3-8,11H2,1-2H3,(H,24,27)(H,25,26,28). The molecule has 0 unspecified atom stereocenters. The molecule has 0 saturated heterocycles. The summed E-state index contributed by atoms with van der Waals surface area (Å²) in [5, 5.41) is 4.25. The van der Waals surface area contributed by atoms with Crippen molar-refractivity contribution >= 4 is 56.5 Å². The van der Waals surface area contributed by atoms with E-state index in [0.29, 0.717) is 40.2 Å². The summed E-state index contributed by atoms with van der Waals surface area (Å²) in [4.78, 5) is 34.7. The van der Waals surface area contributed by atoms with Gasteiger partial charge in [-0.1, -0.05) is 11.6 Å². The van der Waals surface area contributed by atoms with E-state index >= 15 is 0 Å². The Balaban J connectivity index is 1.34. The van der Waals surface area contributed by atoms with Crippen molar-refractivity contribution in [3.63, 3.8) is 0 Å². The first kappa shape index (κ1) is 22.2. The van der Waals surface area contributed by atoms with Crippen LogP contribution < -0.4 is 15.6 Å². The number of aromatic amines is 1. The zero-order valence-electron chi connectivity index (χ0n) is 17.5. The molecule has 0 bridgehead atoms. The maximum Gasteiger partial charge on any atom is 0.259 e. The number of amides is 1.